The van der Waals surface area contributed by atoms with Crippen LogP contribution >= 0.6 is 23.2 Å². The Morgan fingerprint density at radius 3 is 2.05 bits per heavy atom. The Bertz CT molecular complexity index is 528. The second kappa shape index (κ2) is 10.5. The standard InChI is InChI=1S/C11H7Cl2N2O.C5H5.Fe/c12-9-7-14-15(11(16)10(9)13)6-5-8-3-1-2-4-8;1-2-4-5-3-1;/h1-7H;1-5H;/q;;+2/b6-5+;;. The van der Waals surface area contributed by atoms with Gasteiger partial charge in [0.1, 0.15) is 5.02 Å². The van der Waals surface area contributed by atoms with Crippen LogP contribution in [-0.2, 0) is 17.1 Å². The molecule has 3 nitrogen and oxygen atoms in total. The van der Waals surface area contributed by atoms with Gasteiger partial charge in [-0.25, -0.2) is 4.68 Å². The molecule has 0 atom stereocenters. The van der Waals surface area contributed by atoms with E-state index in [2.05, 4.69) is 5.10 Å². The second-order valence-electron chi connectivity index (χ2n) is 4.05. The van der Waals surface area contributed by atoms with Crippen LogP contribution in [0.1, 0.15) is 0 Å². The maximum absolute atomic E-state index is 11.6. The van der Waals surface area contributed by atoms with E-state index in [-0.39, 0.29) is 27.1 Å². The van der Waals surface area contributed by atoms with E-state index in [0.717, 1.165) is 10.6 Å². The van der Waals surface area contributed by atoms with Crippen LogP contribution in [0.4, 0.5) is 0 Å². The van der Waals surface area contributed by atoms with Crippen molar-refractivity contribution in [2.75, 3.05) is 0 Å². The minimum Gasteiger partial charge on any atom is -0.266 e. The first kappa shape index (κ1) is 19.8. The first-order valence-corrected chi connectivity index (χ1v) is 6.93. The van der Waals surface area contributed by atoms with Crippen molar-refractivity contribution in [2.24, 2.45) is 0 Å². The predicted octanol–water partition coefficient (Wildman–Crippen LogP) is 3.45. The van der Waals surface area contributed by atoms with E-state index < -0.39 is 5.56 Å². The van der Waals surface area contributed by atoms with Crippen molar-refractivity contribution in [3.05, 3.63) is 96.4 Å². The quantitative estimate of drug-likeness (QED) is 0.743. The van der Waals surface area contributed by atoms with Gasteiger partial charge < -0.3 is 0 Å². The van der Waals surface area contributed by atoms with Crippen LogP contribution in [-0.4, -0.2) is 9.78 Å². The van der Waals surface area contributed by atoms with E-state index in [0.29, 0.717) is 0 Å². The van der Waals surface area contributed by atoms with Crippen molar-refractivity contribution >= 4 is 29.4 Å². The van der Waals surface area contributed by atoms with E-state index in [1.807, 2.05) is 57.8 Å². The van der Waals surface area contributed by atoms with Gasteiger partial charge in [0.2, 0.25) is 0 Å². The van der Waals surface area contributed by atoms with Gasteiger partial charge in [0.25, 0.3) is 5.56 Å². The van der Waals surface area contributed by atoms with Crippen LogP contribution in [0.15, 0.2) is 17.1 Å². The Kier molecular flexibility index (Phi) is 9.42. The molecule has 2 aliphatic rings. The molecule has 0 aliphatic heterocycles. The SMILES string of the molecule is O=c1c(Cl)c(Cl)cnn1/C=C/[C]1[CH][CH][CH][CH]1.[CH]1[CH][CH][CH][CH]1.[Fe+2]. The zero-order valence-corrected chi connectivity index (χ0v) is 14.0. The fraction of sp³-hybridized carbons (Fsp3) is 0. The number of aromatic nitrogens is 2. The van der Waals surface area contributed by atoms with E-state index in [1.54, 1.807) is 12.3 Å². The molecule has 0 bridgehead atoms. The molecule has 2 saturated carbocycles. The molecule has 2 aliphatic carbocycles. The van der Waals surface area contributed by atoms with Gasteiger partial charge in [0, 0.05) is 12.1 Å². The van der Waals surface area contributed by atoms with Crippen LogP contribution in [0.25, 0.3) is 6.20 Å². The van der Waals surface area contributed by atoms with E-state index in [1.165, 1.54) is 6.20 Å². The molecule has 1 aromatic heterocycles. The van der Waals surface area contributed by atoms with Crippen molar-refractivity contribution in [1.82, 2.24) is 9.78 Å². The molecular formula is C16H12Cl2FeN2O+2. The Labute approximate surface area is 152 Å². The largest absolute Gasteiger partial charge is 2.00 e. The number of rotatable bonds is 2. The molecular weight excluding hydrogens is 363 g/mol. The van der Waals surface area contributed by atoms with Gasteiger partial charge in [-0.15, -0.1) is 0 Å². The summed E-state index contributed by atoms with van der Waals surface area (Å²) >= 11 is 11.4. The molecule has 112 valence electrons. The van der Waals surface area contributed by atoms with Crippen molar-refractivity contribution in [2.45, 2.75) is 0 Å². The predicted molar refractivity (Wildman–Crippen MR) is 85.8 cm³/mol. The van der Waals surface area contributed by atoms with Crippen molar-refractivity contribution in [3.8, 4) is 0 Å². The molecule has 0 amide bonds. The Hall–Kier alpha value is -0.281. The molecule has 0 N–H and O–H groups in total. The molecule has 0 spiro atoms. The molecule has 22 heavy (non-hydrogen) atoms. The molecule has 1 aromatic rings. The molecule has 1 heterocycles. The Balaban J connectivity index is 0.000000344. The summed E-state index contributed by atoms with van der Waals surface area (Å²) in [6.45, 7) is 0. The molecule has 0 saturated heterocycles. The molecule has 0 unspecified atom stereocenters. The summed E-state index contributed by atoms with van der Waals surface area (Å²) in [4.78, 5) is 11.6. The monoisotopic (exact) mass is 374 g/mol. The van der Waals surface area contributed by atoms with Crippen LogP contribution in [0, 0.1) is 63.7 Å². The van der Waals surface area contributed by atoms with Gasteiger partial charge >= 0.3 is 17.1 Å². The van der Waals surface area contributed by atoms with E-state index in [9.17, 15) is 4.79 Å². The van der Waals surface area contributed by atoms with Gasteiger partial charge in [-0.2, -0.15) is 5.10 Å². The zero-order chi connectivity index (χ0) is 15.1. The van der Waals surface area contributed by atoms with E-state index in [4.69, 9.17) is 23.2 Å². The smallest absolute Gasteiger partial charge is 0.266 e. The minimum absolute atomic E-state index is 0. The van der Waals surface area contributed by atoms with Crippen LogP contribution in [0.2, 0.25) is 10.0 Å². The fourth-order valence-corrected chi connectivity index (χ4v) is 1.77. The number of halogens is 2. The summed E-state index contributed by atoms with van der Waals surface area (Å²) in [7, 11) is 0. The summed E-state index contributed by atoms with van der Waals surface area (Å²) in [6.07, 6.45) is 22.3. The third kappa shape index (κ3) is 6.08. The third-order valence-corrected chi connectivity index (χ3v) is 3.30. The topological polar surface area (TPSA) is 34.9 Å². The van der Waals surface area contributed by atoms with Crippen LogP contribution in [0.5, 0.6) is 0 Å². The number of nitrogens with zero attached hydrogens (tertiary/aromatic N) is 2. The third-order valence-electron chi connectivity index (χ3n) is 2.55. The summed E-state index contributed by atoms with van der Waals surface area (Å²) in [5.74, 6) is 0.986. The van der Waals surface area contributed by atoms with Crippen LogP contribution < -0.4 is 5.56 Å². The van der Waals surface area contributed by atoms with Crippen molar-refractivity contribution in [3.63, 3.8) is 0 Å². The molecule has 2 fully saturated rings. The van der Waals surface area contributed by atoms with Crippen molar-refractivity contribution in [1.29, 1.82) is 0 Å². The molecule has 6 heteroatoms. The van der Waals surface area contributed by atoms with Gasteiger partial charge in [0.05, 0.1) is 11.2 Å². The number of hydrogen-bond donors (Lipinski definition) is 0. The van der Waals surface area contributed by atoms with Gasteiger partial charge in [-0.3, -0.25) is 4.79 Å². The number of allylic oxidation sites excluding steroid dienone is 1. The van der Waals surface area contributed by atoms with Gasteiger partial charge in [-0.05, 0) is 57.8 Å². The fourth-order valence-electron chi connectivity index (χ4n) is 1.51. The van der Waals surface area contributed by atoms with Gasteiger partial charge in [-0.1, -0.05) is 29.3 Å². The minimum atomic E-state index is -0.433. The summed E-state index contributed by atoms with van der Waals surface area (Å²) in [6, 6.07) is 0. The maximum atomic E-state index is 11.6. The first-order valence-electron chi connectivity index (χ1n) is 6.18. The second-order valence-corrected chi connectivity index (χ2v) is 4.84. The first-order chi connectivity index (χ1) is 10.2. The zero-order valence-electron chi connectivity index (χ0n) is 11.3. The average molecular weight is 375 g/mol. The molecule has 10 radical (unpaired) electrons. The molecule has 0 aromatic carbocycles. The summed E-state index contributed by atoms with van der Waals surface area (Å²) in [5, 5.41) is 3.97. The summed E-state index contributed by atoms with van der Waals surface area (Å²) in [5.41, 5.74) is -0.433. The number of hydrogen-bond acceptors (Lipinski definition) is 2. The normalized spacial score (nSPS) is 18.1. The van der Waals surface area contributed by atoms with Gasteiger partial charge in [0.15, 0.2) is 0 Å². The molecule has 3 rings (SSSR count). The average Bonchev–Trinajstić information content (AvgIpc) is 3.19. The van der Waals surface area contributed by atoms with Crippen LogP contribution in [0.3, 0.4) is 0 Å². The summed E-state index contributed by atoms with van der Waals surface area (Å²) < 4.78 is 1.14. The van der Waals surface area contributed by atoms with E-state index >= 15 is 0 Å². The Morgan fingerprint density at radius 1 is 0.955 bits per heavy atom. The van der Waals surface area contributed by atoms with Crippen molar-refractivity contribution < 1.29 is 17.1 Å². The Morgan fingerprint density at radius 2 is 1.50 bits per heavy atom. The maximum Gasteiger partial charge on any atom is 2.00 e.